The summed E-state index contributed by atoms with van der Waals surface area (Å²) in [5.41, 5.74) is 2.70. The van der Waals surface area contributed by atoms with Crippen LogP contribution in [0.3, 0.4) is 0 Å². The van der Waals surface area contributed by atoms with E-state index in [0.717, 1.165) is 11.3 Å². The van der Waals surface area contributed by atoms with E-state index in [2.05, 4.69) is 5.32 Å². The minimum absolute atomic E-state index is 0.164. The van der Waals surface area contributed by atoms with Gasteiger partial charge in [0.15, 0.2) is 11.9 Å². The summed E-state index contributed by atoms with van der Waals surface area (Å²) in [7, 11) is -3.54. The van der Waals surface area contributed by atoms with Gasteiger partial charge in [0.05, 0.1) is 18.1 Å². The fourth-order valence-corrected chi connectivity index (χ4v) is 4.56. The number of benzene rings is 1. The van der Waals surface area contributed by atoms with E-state index in [1.807, 2.05) is 43.7 Å². The van der Waals surface area contributed by atoms with Gasteiger partial charge >= 0.3 is 0 Å². The monoisotopic (exact) mass is 404 g/mol. The maximum Gasteiger partial charge on any atom is 0.293 e. The molecule has 1 aromatic heterocycles. The van der Waals surface area contributed by atoms with Gasteiger partial charge in [0, 0.05) is 44.3 Å². The van der Waals surface area contributed by atoms with Gasteiger partial charge in [-0.05, 0) is 37.3 Å². The zero-order valence-corrected chi connectivity index (χ0v) is 17.2. The predicted octanol–water partition coefficient (Wildman–Crippen LogP) is 1.81. The molecule has 150 valence electrons. The number of rotatable bonds is 5. The third kappa shape index (κ3) is 4.24. The first-order chi connectivity index (χ1) is 13.3. The number of morpholine rings is 1. The van der Waals surface area contributed by atoms with Crippen molar-refractivity contribution in [1.29, 1.82) is 0 Å². The molecule has 3 rings (SSSR count). The Balaban J connectivity index is 1.71. The number of aromatic nitrogens is 1. The number of anilines is 1. The van der Waals surface area contributed by atoms with Gasteiger partial charge in [0.1, 0.15) is 0 Å². The average Bonchev–Trinajstić information content (AvgIpc) is 2.70. The summed E-state index contributed by atoms with van der Waals surface area (Å²) < 4.78 is 33.9. The Bertz CT molecular complexity index is 952. The number of pyridine rings is 1. The van der Waals surface area contributed by atoms with Crippen LogP contribution >= 0.6 is 0 Å². The van der Waals surface area contributed by atoms with Crippen LogP contribution in [-0.2, 0) is 19.6 Å². The zero-order chi connectivity index (χ0) is 20.3. The first-order valence-electron chi connectivity index (χ1n) is 9.27. The van der Waals surface area contributed by atoms with Gasteiger partial charge < -0.3 is 10.1 Å². The lowest BCUT2D eigenvalue weighted by Crippen LogP contribution is -2.47. The SMILES string of the molecule is Cc1ccc[n+]([C@@H](C)C(=O)Nc2ccc(S(=O)(=O)N3CCOCC3)cc2)c1C. The molecule has 1 saturated heterocycles. The van der Waals surface area contributed by atoms with Crippen molar-refractivity contribution in [3.05, 3.63) is 53.9 Å². The highest BCUT2D eigenvalue weighted by Crippen LogP contribution is 2.20. The number of amides is 1. The second kappa shape index (κ2) is 8.38. The van der Waals surface area contributed by atoms with Crippen LogP contribution in [0.5, 0.6) is 0 Å². The Kier molecular flexibility index (Phi) is 6.12. The summed E-state index contributed by atoms with van der Waals surface area (Å²) in [6.45, 7) is 7.33. The van der Waals surface area contributed by atoms with Crippen LogP contribution in [0.1, 0.15) is 24.2 Å². The molecule has 7 nitrogen and oxygen atoms in total. The van der Waals surface area contributed by atoms with Crippen LogP contribution in [0.2, 0.25) is 0 Å². The van der Waals surface area contributed by atoms with Crippen LogP contribution in [0.25, 0.3) is 0 Å². The Morgan fingerprint density at radius 1 is 1.14 bits per heavy atom. The van der Waals surface area contributed by atoms with Gasteiger partial charge in [-0.3, -0.25) is 4.79 Å². The highest BCUT2D eigenvalue weighted by atomic mass is 32.2. The third-order valence-electron chi connectivity index (χ3n) is 5.08. The molecule has 1 aliphatic rings. The van der Waals surface area contributed by atoms with E-state index in [1.54, 1.807) is 12.1 Å². The number of sulfonamides is 1. The average molecular weight is 405 g/mol. The Labute approximate surface area is 166 Å². The quantitative estimate of drug-likeness (QED) is 0.771. The number of ether oxygens (including phenoxy) is 1. The van der Waals surface area contributed by atoms with Crippen molar-refractivity contribution in [2.75, 3.05) is 31.6 Å². The topological polar surface area (TPSA) is 79.6 Å². The largest absolute Gasteiger partial charge is 0.379 e. The fraction of sp³-hybridized carbons (Fsp3) is 0.400. The molecule has 28 heavy (non-hydrogen) atoms. The van der Waals surface area contributed by atoms with Crippen molar-refractivity contribution in [2.45, 2.75) is 31.7 Å². The molecule has 1 atom stereocenters. The summed E-state index contributed by atoms with van der Waals surface area (Å²) in [4.78, 5) is 12.8. The smallest absolute Gasteiger partial charge is 0.293 e. The van der Waals surface area contributed by atoms with E-state index in [-0.39, 0.29) is 10.8 Å². The van der Waals surface area contributed by atoms with Gasteiger partial charge in [0.2, 0.25) is 16.1 Å². The van der Waals surface area contributed by atoms with Crippen molar-refractivity contribution in [3.63, 3.8) is 0 Å². The van der Waals surface area contributed by atoms with Crippen LogP contribution in [0, 0.1) is 13.8 Å². The first kappa shape index (κ1) is 20.4. The van der Waals surface area contributed by atoms with E-state index in [1.165, 1.54) is 16.4 Å². The maximum atomic E-state index is 12.7. The molecule has 0 saturated carbocycles. The van der Waals surface area contributed by atoms with Crippen LogP contribution in [0.15, 0.2) is 47.5 Å². The van der Waals surface area contributed by atoms with Crippen molar-refractivity contribution < 1.29 is 22.5 Å². The van der Waals surface area contributed by atoms with Gasteiger partial charge in [-0.2, -0.15) is 8.87 Å². The standard InChI is InChI=1S/C20H25N3O4S/c1-15-5-4-10-23(16(15)2)17(3)20(24)21-18-6-8-19(9-7-18)28(25,26)22-11-13-27-14-12-22/h4-10,17H,11-14H2,1-3H3/p+1/t17-/m0/s1. The lowest BCUT2D eigenvalue weighted by molar-refractivity contribution is -0.711. The maximum absolute atomic E-state index is 12.7. The van der Waals surface area contributed by atoms with Crippen molar-refractivity contribution in [2.24, 2.45) is 0 Å². The number of hydrogen-bond acceptors (Lipinski definition) is 4. The number of nitrogens with one attached hydrogen (secondary N) is 1. The van der Waals surface area contributed by atoms with Crippen molar-refractivity contribution >= 4 is 21.6 Å². The molecule has 0 aliphatic carbocycles. The molecule has 2 heterocycles. The molecule has 1 amide bonds. The lowest BCUT2D eigenvalue weighted by Gasteiger charge is -2.26. The van der Waals surface area contributed by atoms with Crippen LogP contribution in [0.4, 0.5) is 5.69 Å². The molecular weight excluding hydrogens is 378 g/mol. The van der Waals surface area contributed by atoms with Gasteiger partial charge in [-0.1, -0.05) is 0 Å². The summed E-state index contributed by atoms with van der Waals surface area (Å²) in [5, 5.41) is 2.86. The molecule has 1 N–H and O–H groups in total. The Morgan fingerprint density at radius 3 is 2.43 bits per heavy atom. The predicted molar refractivity (Wildman–Crippen MR) is 105 cm³/mol. The molecule has 2 aromatic rings. The molecule has 0 spiro atoms. The molecule has 0 radical (unpaired) electrons. The Hall–Kier alpha value is -2.29. The van der Waals surface area contributed by atoms with Gasteiger partial charge in [-0.15, -0.1) is 0 Å². The van der Waals surface area contributed by atoms with E-state index >= 15 is 0 Å². The first-order valence-corrected chi connectivity index (χ1v) is 10.7. The van der Waals surface area contributed by atoms with Gasteiger partial charge in [0.25, 0.3) is 5.91 Å². The number of carbonyl (C=O) groups is 1. The number of carbonyl (C=O) groups excluding carboxylic acids is 1. The molecule has 1 fully saturated rings. The highest BCUT2D eigenvalue weighted by Gasteiger charge is 2.27. The van der Waals surface area contributed by atoms with E-state index in [4.69, 9.17) is 4.74 Å². The zero-order valence-electron chi connectivity index (χ0n) is 16.4. The van der Waals surface area contributed by atoms with E-state index in [0.29, 0.717) is 32.0 Å². The van der Waals surface area contributed by atoms with Gasteiger partial charge in [-0.25, -0.2) is 8.42 Å². The number of aryl methyl sites for hydroxylation is 1. The fourth-order valence-electron chi connectivity index (χ4n) is 3.16. The normalized spacial score (nSPS) is 16.5. The van der Waals surface area contributed by atoms with Crippen molar-refractivity contribution in [1.82, 2.24) is 4.31 Å². The Morgan fingerprint density at radius 2 is 1.79 bits per heavy atom. The summed E-state index contributed by atoms with van der Waals surface area (Å²) >= 11 is 0. The minimum Gasteiger partial charge on any atom is -0.379 e. The summed E-state index contributed by atoms with van der Waals surface area (Å²) in [6.07, 6.45) is 1.88. The summed E-state index contributed by atoms with van der Waals surface area (Å²) in [5.74, 6) is -0.164. The molecular formula is C20H26N3O4S+. The van der Waals surface area contributed by atoms with Crippen molar-refractivity contribution in [3.8, 4) is 0 Å². The lowest BCUT2D eigenvalue weighted by atomic mass is 10.2. The number of hydrogen-bond donors (Lipinski definition) is 1. The highest BCUT2D eigenvalue weighted by molar-refractivity contribution is 7.89. The van der Waals surface area contributed by atoms with E-state index in [9.17, 15) is 13.2 Å². The number of nitrogens with zero attached hydrogens (tertiary/aromatic N) is 2. The third-order valence-corrected chi connectivity index (χ3v) is 6.99. The summed E-state index contributed by atoms with van der Waals surface area (Å²) in [6, 6.07) is 9.81. The molecule has 0 unspecified atom stereocenters. The molecule has 8 heteroatoms. The molecule has 1 aromatic carbocycles. The second-order valence-electron chi connectivity index (χ2n) is 6.89. The molecule has 0 bridgehead atoms. The van der Waals surface area contributed by atoms with Crippen LogP contribution < -0.4 is 9.88 Å². The minimum atomic E-state index is -3.54. The second-order valence-corrected chi connectivity index (χ2v) is 8.83. The molecule has 1 aliphatic heterocycles. The van der Waals surface area contributed by atoms with Crippen LogP contribution in [-0.4, -0.2) is 44.9 Å². The van der Waals surface area contributed by atoms with E-state index < -0.39 is 16.1 Å².